The Hall–Kier alpha value is -2.10. The molecule has 1 aliphatic rings. The molecule has 19 heavy (non-hydrogen) atoms. The highest BCUT2D eigenvalue weighted by Gasteiger charge is 2.19. The average molecular weight is 254 g/mol. The predicted octanol–water partition coefficient (Wildman–Crippen LogP) is 2.18. The van der Waals surface area contributed by atoms with Gasteiger partial charge in [0.05, 0.1) is 0 Å². The van der Waals surface area contributed by atoms with Crippen molar-refractivity contribution >= 4 is 11.5 Å². The van der Waals surface area contributed by atoms with Crippen LogP contribution in [0.15, 0.2) is 30.6 Å². The van der Waals surface area contributed by atoms with E-state index in [2.05, 4.69) is 34.0 Å². The van der Waals surface area contributed by atoms with E-state index in [-0.39, 0.29) is 0 Å². The Labute approximate surface area is 113 Å². The molecule has 0 saturated carbocycles. The molecule has 1 heterocycles. The smallest absolute Gasteiger partial charge is 0.135 e. The molecule has 4 heteroatoms. The molecule has 2 N–H and O–H groups in total. The molecule has 0 atom stereocenters. The van der Waals surface area contributed by atoms with Gasteiger partial charge in [0.15, 0.2) is 0 Å². The second-order valence-electron chi connectivity index (χ2n) is 5.07. The Balaban J connectivity index is 1.83. The Kier molecular flexibility index (Phi) is 3.07. The van der Waals surface area contributed by atoms with E-state index in [1.54, 1.807) is 6.33 Å². The maximum absolute atomic E-state index is 5.71. The fourth-order valence-electron chi connectivity index (χ4n) is 2.64. The van der Waals surface area contributed by atoms with Gasteiger partial charge in [-0.25, -0.2) is 9.97 Å². The molecule has 0 bridgehead atoms. The van der Waals surface area contributed by atoms with E-state index in [4.69, 9.17) is 5.73 Å². The van der Waals surface area contributed by atoms with Crippen molar-refractivity contribution in [3.05, 3.63) is 47.4 Å². The monoisotopic (exact) mass is 254 g/mol. The summed E-state index contributed by atoms with van der Waals surface area (Å²) >= 11 is 0. The van der Waals surface area contributed by atoms with E-state index in [9.17, 15) is 0 Å². The third kappa shape index (κ3) is 2.38. The summed E-state index contributed by atoms with van der Waals surface area (Å²) in [5.74, 6) is 1.07. The SMILES string of the molecule is CN(Cc1ccc(N)cc1)c1ncnc2c1CCC2. The number of rotatable bonds is 3. The molecular weight excluding hydrogens is 236 g/mol. The third-order valence-electron chi connectivity index (χ3n) is 3.61. The first-order valence-electron chi connectivity index (χ1n) is 6.62. The van der Waals surface area contributed by atoms with Gasteiger partial charge in [0.1, 0.15) is 12.1 Å². The number of nitrogens with two attached hydrogens (primary N) is 1. The summed E-state index contributed by atoms with van der Waals surface area (Å²) in [6.07, 6.45) is 5.05. The number of hydrogen-bond donors (Lipinski definition) is 1. The zero-order valence-electron chi connectivity index (χ0n) is 11.1. The molecule has 0 unspecified atom stereocenters. The van der Waals surface area contributed by atoms with Crippen molar-refractivity contribution in [2.75, 3.05) is 17.7 Å². The minimum Gasteiger partial charge on any atom is -0.399 e. The van der Waals surface area contributed by atoms with E-state index in [1.807, 2.05) is 12.1 Å². The van der Waals surface area contributed by atoms with Crippen molar-refractivity contribution in [1.82, 2.24) is 9.97 Å². The Bertz CT molecular complexity index is 577. The lowest BCUT2D eigenvalue weighted by atomic mass is 10.2. The highest BCUT2D eigenvalue weighted by atomic mass is 15.2. The average Bonchev–Trinajstić information content (AvgIpc) is 2.89. The summed E-state index contributed by atoms with van der Waals surface area (Å²) in [7, 11) is 2.08. The van der Waals surface area contributed by atoms with Crippen molar-refractivity contribution in [3.63, 3.8) is 0 Å². The topological polar surface area (TPSA) is 55.0 Å². The first-order chi connectivity index (χ1) is 9.24. The van der Waals surface area contributed by atoms with Gasteiger partial charge in [0.2, 0.25) is 0 Å². The molecule has 0 fully saturated rings. The number of benzene rings is 1. The van der Waals surface area contributed by atoms with Gasteiger partial charge in [-0.1, -0.05) is 12.1 Å². The van der Waals surface area contributed by atoms with Crippen molar-refractivity contribution in [2.24, 2.45) is 0 Å². The largest absolute Gasteiger partial charge is 0.399 e. The van der Waals surface area contributed by atoms with E-state index in [0.717, 1.165) is 30.9 Å². The first-order valence-corrected chi connectivity index (χ1v) is 6.62. The van der Waals surface area contributed by atoms with Crippen LogP contribution in [0.4, 0.5) is 11.5 Å². The van der Waals surface area contributed by atoms with Crippen molar-refractivity contribution < 1.29 is 0 Å². The number of anilines is 2. The van der Waals surface area contributed by atoms with E-state index < -0.39 is 0 Å². The highest BCUT2D eigenvalue weighted by molar-refractivity contribution is 5.50. The molecule has 0 saturated heterocycles. The van der Waals surface area contributed by atoms with Crippen molar-refractivity contribution in [2.45, 2.75) is 25.8 Å². The summed E-state index contributed by atoms with van der Waals surface area (Å²) in [5, 5.41) is 0. The Morgan fingerprint density at radius 1 is 1.16 bits per heavy atom. The number of nitrogen functional groups attached to an aromatic ring is 1. The lowest BCUT2D eigenvalue weighted by molar-refractivity contribution is 0.870. The first kappa shape index (κ1) is 12.0. The van der Waals surface area contributed by atoms with Crippen LogP contribution in [0.1, 0.15) is 23.2 Å². The van der Waals surface area contributed by atoms with Crippen molar-refractivity contribution in [1.29, 1.82) is 0 Å². The zero-order chi connectivity index (χ0) is 13.2. The maximum atomic E-state index is 5.71. The van der Waals surface area contributed by atoms with Crippen LogP contribution in [0.5, 0.6) is 0 Å². The number of aryl methyl sites for hydroxylation is 1. The van der Waals surface area contributed by atoms with Crippen LogP contribution in [-0.4, -0.2) is 17.0 Å². The molecule has 0 aliphatic heterocycles. The molecule has 1 aromatic heterocycles. The van der Waals surface area contributed by atoms with Gasteiger partial charge in [-0.15, -0.1) is 0 Å². The van der Waals surface area contributed by atoms with Crippen LogP contribution in [-0.2, 0) is 19.4 Å². The lowest BCUT2D eigenvalue weighted by Crippen LogP contribution is -2.19. The zero-order valence-corrected chi connectivity index (χ0v) is 11.1. The van der Waals surface area contributed by atoms with Crippen LogP contribution in [0.3, 0.4) is 0 Å². The normalized spacial score (nSPS) is 13.3. The molecule has 1 aromatic carbocycles. The third-order valence-corrected chi connectivity index (χ3v) is 3.61. The van der Waals surface area contributed by atoms with Crippen LogP contribution in [0.2, 0.25) is 0 Å². The molecule has 3 rings (SSSR count). The van der Waals surface area contributed by atoms with Gasteiger partial charge in [-0.05, 0) is 37.0 Å². The minimum atomic E-state index is 0.800. The summed E-state index contributed by atoms with van der Waals surface area (Å²) in [6, 6.07) is 8.00. The van der Waals surface area contributed by atoms with Crippen LogP contribution < -0.4 is 10.6 Å². The molecular formula is C15H18N4. The summed E-state index contributed by atoms with van der Waals surface area (Å²) in [5.41, 5.74) is 10.3. The maximum Gasteiger partial charge on any atom is 0.135 e. The lowest BCUT2D eigenvalue weighted by Gasteiger charge is -2.20. The summed E-state index contributed by atoms with van der Waals surface area (Å²) < 4.78 is 0. The standard InChI is InChI=1S/C15H18N4/c1-19(9-11-5-7-12(16)8-6-11)15-13-3-2-4-14(13)17-10-18-15/h5-8,10H,2-4,9,16H2,1H3. The Morgan fingerprint density at radius 3 is 2.74 bits per heavy atom. The summed E-state index contributed by atoms with van der Waals surface area (Å²) in [4.78, 5) is 11.0. The fourth-order valence-corrected chi connectivity index (χ4v) is 2.64. The van der Waals surface area contributed by atoms with E-state index >= 15 is 0 Å². The minimum absolute atomic E-state index is 0.800. The molecule has 98 valence electrons. The number of fused-ring (bicyclic) bond motifs is 1. The fraction of sp³-hybridized carbons (Fsp3) is 0.333. The quantitative estimate of drug-likeness (QED) is 0.853. The van der Waals surface area contributed by atoms with Gasteiger partial charge in [-0.2, -0.15) is 0 Å². The summed E-state index contributed by atoms with van der Waals surface area (Å²) in [6.45, 7) is 0.837. The second-order valence-corrected chi connectivity index (χ2v) is 5.07. The van der Waals surface area contributed by atoms with Gasteiger partial charge < -0.3 is 10.6 Å². The highest BCUT2D eigenvalue weighted by Crippen LogP contribution is 2.27. The van der Waals surface area contributed by atoms with Gasteiger partial charge in [0, 0.05) is 30.5 Å². The number of hydrogen-bond acceptors (Lipinski definition) is 4. The predicted molar refractivity (Wildman–Crippen MR) is 77.0 cm³/mol. The number of nitrogens with zero attached hydrogens (tertiary/aromatic N) is 3. The van der Waals surface area contributed by atoms with Crippen LogP contribution in [0.25, 0.3) is 0 Å². The number of aromatic nitrogens is 2. The molecule has 0 spiro atoms. The molecule has 4 nitrogen and oxygen atoms in total. The molecule has 1 aliphatic carbocycles. The van der Waals surface area contributed by atoms with Gasteiger partial charge >= 0.3 is 0 Å². The van der Waals surface area contributed by atoms with E-state index in [1.165, 1.54) is 23.2 Å². The van der Waals surface area contributed by atoms with Crippen LogP contribution in [0, 0.1) is 0 Å². The molecule has 2 aromatic rings. The van der Waals surface area contributed by atoms with Crippen molar-refractivity contribution in [3.8, 4) is 0 Å². The van der Waals surface area contributed by atoms with Gasteiger partial charge in [-0.3, -0.25) is 0 Å². The molecule has 0 radical (unpaired) electrons. The van der Waals surface area contributed by atoms with Gasteiger partial charge in [0.25, 0.3) is 0 Å². The Morgan fingerprint density at radius 2 is 1.95 bits per heavy atom. The molecule has 0 amide bonds. The van der Waals surface area contributed by atoms with Crippen LogP contribution >= 0.6 is 0 Å². The second kappa shape index (κ2) is 4.88. The van der Waals surface area contributed by atoms with E-state index in [0.29, 0.717) is 0 Å².